The molecule has 0 saturated carbocycles. The van der Waals surface area contributed by atoms with Crippen LogP contribution in [0.25, 0.3) is 0 Å². The van der Waals surface area contributed by atoms with Gasteiger partial charge in [-0.15, -0.1) is 0 Å². The first kappa shape index (κ1) is 20.9. The SMILES string of the molecule is COc1cc(OC)cc(C(=O)N/N=C(/C)CC(=O)NCc2ccc(F)cc2)c1. The molecule has 0 saturated heterocycles. The molecule has 148 valence electrons. The smallest absolute Gasteiger partial charge is 0.271 e. The summed E-state index contributed by atoms with van der Waals surface area (Å²) in [5.41, 5.74) is 3.93. The van der Waals surface area contributed by atoms with Crippen molar-refractivity contribution >= 4 is 17.5 Å². The first-order valence-corrected chi connectivity index (χ1v) is 8.49. The van der Waals surface area contributed by atoms with Crippen LogP contribution in [0.4, 0.5) is 4.39 Å². The van der Waals surface area contributed by atoms with Gasteiger partial charge in [0.2, 0.25) is 5.91 Å². The van der Waals surface area contributed by atoms with E-state index in [0.29, 0.717) is 22.8 Å². The van der Waals surface area contributed by atoms with Crippen LogP contribution in [0.5, 0.6) is 11.5 Å². The fourth-order valence-electron chi connectivity index (χ4n) is 2.29. The molecule has 0 aliphatic rings. The van der Waals surface area contributed by atoms with E-state index in [4.69, 9.17) is 9.47 Å². The predicted octanol–water partition coefficient (Wildman–Crippen LogP) is 2.66. The van der Waals surface area contributed by atoms with Crippen molar-refractivity contribution in [2.24, 2.45) is 5.10 Å². The molecule has 0 bridgehead atoms. The number of nitrogens with zero attached hydrogens (tertiary/aromatic N) is 1. The van der Waals surface area contributed by atoms with Crippen LogP contribution >= 0.6 is 0 Å². The Morgan fingerprint density at radius 1 is 1.04 bits per heavy atom. The maximum Gasteiger partial charge on any atom is 0.271 e. The second-order valence-electron chi connectivity index (χ2n) is 5.97. The quantitative estimate of drug-likeness (QED) is 0.538. The summed E-state index contributed by atoms with van der Waals surface area (Å²) in [6, 6.07) is 10.6. The van der Waals surface area contributed by atoms with E-state index in [-0.39, 0.29) is 24.7 Å². The first-order chi connectivity index (χ1) is 13.4. The molecule has 0 atom stereocenters. The fraction of sp³-hybridized carbons (Fsp3) is 0.250. The molecule has 2 aromatic rings. The van der Waals surface area contributed by atoms with Gasteiger partial charge in [-0.25, -0.2) is 9.82 Å². The summed E-state index contributed by atoms with van der Waals surface area (Å²) < 4.78 is 23.1. The summed E-state index contributed by atoms with van der Waals surface area (Å²) in [7, 11) is 2.98. The average Bonchev–Trinajstić information content (AvgIpc) is 2.71. The molecule has 2 rings (SSSR count). The van der Waals surface area contributed by atoms with Crippen molar-refractivity contribution < 1.29 is 23.5 Å². The largest absolute Gasteiger partial charge is 0.497 e. The van der Waals surface area contributed by atoms with Gasteiger partial charge in [-0.3, -0.25) is 9.59 Å². The second kappa shape index (κ2) is 10.1. The van der Waals surface area contributed by atoms with Crippen LogP contribution < -0.4 is 20.2 Å². The highest BCUT2D eigenvalue weighted by Crippen LogP contribution is 2.22. The van der Waals surface area contributed by atoms with E-state index in [1.807, 2.05) is 0 Å². The Bertz CT molecular complexity index is 844. The van der Waals surface area contributed by atoms with Crippen molar-refractivity contribution in [3.63, 3.8) is 0 Å². The van der Waals surface area contributed by atoms with Crippen molar-refractivity contribution in [3.8, 4) is 11.5 Å². The van der Waals surface area contributed by atoms with E-state index >= 15 is 0 Å². The number of nitrogens with one attached hydrogen (secondary N) is 2. The monoisotopic (exact) mass is 387 g/mol. The van der Waals surface area contributed by atoms with E-state index < -0.39 is 5.91 Å². The number of benzene rings is 2. The van der Waals surface area contributed by atoms with Crippen molar-refractivity contribution in [2.45, 2.75) is 19.9 Å². The lowest BCUT2D eigenvalue weighted by Gasteiger charge is -2.08. The Morgan fingerprint density at radius 2 is 1.64 bits per heavy atom. The predicted molar refractivity (Wildman–Crippen MR) is 103 cm³/mol. The standard InChI is InChI=1S/C20H22FN3O4/c1-13(8-19(25)22-12-14-4-6-16(21)7-5-14)23-24-20(26)15-9-17(27-2)11-18(10-15)28-3/h4-7,9-11H,8,12H2,1-3H3,(H,22,25)(H,24,26)/b23-13-. The molecule has 0 unspecified atom stereocenters. The van der Waals surface area contributed by atoms with Gasteiger partial charge in [0.1, 0.15) is 17.3 Å². The number of hydrogen-bond donors (Lipinski definition) is 2. The molecule has 0 aromatic heterocycles. The minimum Gasteiger partial charge on any atom is -0.497 e. The number of halogens is 1. The third kappa shape index (κ3) is 6.39. The molecule has 0 aliphatic carbocycles. The zero-order chi connectivity index (χ0) is 20.5. The van der Waals surface area contributed by atoms with Gasteiger partial charge in [0.15, 0.2) is 0 Å². The van der Waals surface area contributed by atoms with Gasteiger partial charge in [0, 0.05) is 23.9 Å². The van der Waals surface area contributed by atoms with Crippen LogP contribution in [0.3, 0.4) is 0 Å². The Hall–Kier alpha value is -3.42. The highest BCUT2D eigenvalue weighted by atomic mass is 19.1. The van der Waals surface area contributed by atoms with Gasteiger partial charge in [-0.1, -0.05) is 12.1 Å². The Balaban J connectivity index is 1.88. The van der Waals surface area contributed by atoms with Gasteiger partial charge >= 0.3 is 0 Å². The molecule has 2 aromatic carbocycles. The summed E-state index contributed by atoms with van der Waals surface area (Å²) in [5.74, 6) is -0.0932. The molecule has 0 spiro atoms. The maximum absolute atomic E-state index is 12.9. The number of hydrazone groups is 1. The molecular weight excluding hydrogens is 365 g/mol. The van der Waals surface area contributed by atoms with E-state index in [9.17, 15) is 14.0 Å². The number of ether oxygens (including phenoxy) is 2. The normalized spacial score (nSPS) is 10.9. The minimum atomic E-state index is -0.455. The van der Waals surface area contributed by atoms with Gasteiger partial charge in [0.05, 0.1) is 20.6 Å². The molecule has 28 heavy (non-hydrogen) atoms. The molecule has 7 nitrogen and oxygen atoms in total. The van der Waals surface area contributed by atoms with Gasteiger partial charge in [0.25, 0.3) is 5.91 Å². The molecule has 2 amide bonds. The third-order valence-corrected chi connectivity index (χ3v) is 3.78. The third-order valence-electron chi connectivity index (χ3n) is 3.78. The molecule has 0 aliphatic heterocycles. The van der Waals surface area contributed by atoms with Gasteiger partial charge in [-0.05, 0) is 36.8 Å². The molecular formula is C20H22FN3O4. The zero-order valence-corrected chi connectivity index (χ0v) is 15.9. The van der Waals surface area contributed by atoms with Gasteiger partial charge < -0.3 is 14.8 Å². The topological polar surface area (TPSA) is 89.0 Å². The van der Waals surface area contributed by atoms with Crippen molar-refractivity contribution in [1.82, 2.24) is 10.7 Å². The highest BCUT2D eigenvalue weighted by Gasteiger charge is 2.10. The van der Waals surface area contributed by atoms with Crippen LogP contribution in [0, 0.1) is 5.82 Å². The lowest BCUT2D eigenvalue weighted by atomic mass is 10.2. The van der Waals surface area contributed by atoms with Crippen LogP contribution in [0.1, 0.15) is 29.3 Å². The average molecular weight is 387 g/mol. The van der Waals surface area contributed by atoms with Crippen LogP contribution in [-0.2, 0) is 11.3 Å². The van der Waals surface area contributed by atoms with Crippen molar-refractivity contribution in [2.75, 3.05) is 14.2 Å². The minimum absolute atomic E-state index is 0.0168. The number of carbonyl (C=O) groups is 2. The number of hydrogen-bond acceptors (Lipinski definition) is 5. The van der Waals surface area contributed by atoms with Crippen LogP contribution in [0.2, 0.25) is 0 Å². The van der Waals surface area contributed by atoms with Crippen LogP contribution in [0.15, 0.2) is 47.6 Å². The Kier molecular flexibility index (Phi) is 7.50. The van der Waals surface area contributed by atoms with E-state index in [0.717, 1.165) is 5.56 Å². The summed E-state index contributed by atoms with van der Waals surface area (Å²) in [5, 5.41) is 6.65. The number of methoxy groups -OCH3 is 2. The lowest BCUT2D eigenvalue weighted by Crippen LogP contribution is -2.26. The Labute approximate surface area is 162 Å². The van der Waals surface area contributed by atoms with Crippen molar-refractivity contribution in [3.05, 3.63) is 59.4 Å². The molecule has 2 N–H and O–H groups in total. The van der Waals surface area contributed by atoms with Crippen LogP contribution in [-0.4, -0.2) is 31.7 Å². The summed E-state index contributed by atoms with van der Waals surface area (Å²) in [4.78, 5) is 24.2. The lowest BCUT2D eigenvalue weighted by molar-refractivity contribution is -0.120. The highest BCUT2D eigenvalue weighted by molar-refractivity contribution is 6.01. The Morgan fingerprint density at radius 3 is 2.21 bits per heavy atom. The molecule has 0 radical (unpaired) electrons. The summed E-state index contributed by atoms with van der Waals surface area (Å²) in [6.45, 7) is 1.91. The summed E-state index contributed by atoms with van der Waals surface area (Å²) in [6.07, 6.45) is 0.0168. The summed E-state index contributed by atoms with van der Waals surface area (Å²) >= 11 is 0. The maximum atomic E-state index is 12.9. The number of carbonyl (C=O) groups excluding carboxylic acids is 2. The van der Waals surface area contributed by atoms with Gasteiger partial charge in [-0.2, -0.15) is 5.10 Å². The number of amides is 2. The second-order valence-corrected chi connectivity index (χ2v) is 5.97. The number of rotatable bonds is 8. The fourth-order valence-corrected chi connectivity index (χ4v) is 2.29. The van der Waals surface area contributed by atoms with Crippen molar-refractivity contribution in [1.29, 1.82) is 0 Å². The molecule has 0 fully saturated rings. The first-order valence-electron chi connectivity index (χ1n) is 8.49. The van der Waals surface area contributed by atoms with E-state index in [1.54, 1.807) is 37.3 Å². The molecule has 0 heterocycles. The zero-order valence-electron chi connectivity index (χ0n) is 15.9. The van der Waals surface area contributed by atoms with E-state index in [1.165, 1.54) is 26.4 Å². The van der Waals surface area contributed by atoms with E-state index in [2.05, 4.69) is 15.8 Å². The molecule has 8 heteroatoms.